The van der Waals surface area contributed by atoms with Crippen LogP contribution in [0, 0.1) is 0 Å². The van der Waals surface area contributed by atoms with Crippen molar-refractivity contribution in [3.63, 3.8) is 0 Å². The molecule has 0 spiro atoms. The molecule has 0 aliphatic carbocycles. The summed E-state index contributed by atoms with van der Waals surface area (Å²) in [5.41, 5.74) is 2.16. The predicted octanol–water partition coefficient (Wildman–Crippen LogP) is 3.51. The normalized spacial score (nSPS) is 16.9. The molecule has 1 aromatic carbocycles. The lowest BCUT2D eigenvalue weighted by Gasteiger charge is -2.35. The van der Waals surface area contributed by atoms with Crippen LogP contribution in [-0.2, 0) is 0 Å². The van der Waals surface area contributed by atoms with Crippen molar-refractivity contribution in [1.29, 1.82) is 0 Å². The molecule has 0 saturated carbocycles. The van der Waals surface area contributed by atoms with E-state index < -0.39 is 0 Å². The number of carbonyl (C=O) groups is 1. The van der Waals surface area contributed by atoms with Crippen molar-refractivity contribution in [3.05, 3.63) is 88.8 Å². The molecule has 136 valence electrons. The van der Waals surface area contributed by atoms with Crippen molar-refractivity contribution < 1.29 is 4.79 Å². The number of pyridine rings is 2. The first kappa shape index (κ1) is 17.6. The highest BCUT2D eigenvalue weighted by Crippen LogP contribution is 2.23. The van der Waals surface area contributed by atoms with E-state index in [0.717, 1.165) is 30.5 Å². The number of rotatable bonds is 4. The lowest BCUT2D eigenvalue weighted by Crippen LogP contribution is -2.46. The largest absolute Gasteiger partial charge is 0.353 e. The fourth-order valence-corrected chi connectivity index (χ4v) is 3.37. The predicted molar refractivity (Wildman–Crippen MR) is 106 cm³/mol. The zero-order chi connectivity index (χ0) is 18.6. The van der Waals surface area contributed by atoms with Gasteiger partial charge in [0.2, 0.25) is 5.78 Å². The van der Waals surface area contributed by atoms with Gasteiger partial charge in [-0.15, -0.1) is 0 Å². The number of ketones is 1. The van der Waals surface area contributed by atoms with Crippen molar-refractivity contribution >= 4 is 23.2 Å². The molecule has 1 aliphatic heterocycles. The molecule has 1 N–H and O–H groups in total. The summed E-state index contributed by atoms with van der Waals surface area (Å²) in [6.07, 6.45) is 3.22. The lowest BCUT2D eigenvalue weighted by molar-refractivity contribution is 0.103. The Kier molecular flexibility index (Phi) is 5.14. The minimum absolute atomic E-state index is 0.116. The number of benzene rings is 1. The summed E-state index contributed by atoms with van der Waals surface area (Å²) in [6, 6.07) is 17.2. The van der Waals surface area contributed by atoms with Gasteiger partial charge < -0.3 is 10.2 Å². The lowest BCUT2D eigenvalue weighted by atomic mass is 10.0. The molecule has 1 atom stereocenters. The summed E-state index contributed by atoms with van der Waals surface area (Å²) in [5, 5.41) is 4.26. The molecule has 3 heterocycles. The number of piperazine rings is 1. The topological polar surface area (TPSA) is 58.1 Å². The van der Waals surface area contributed by atoms with E-state index in [2.05, 4.69) is 20.2 Å². The third-order valence-corrected chi connectivity index (χ3v) is 4.91. The summed E-state index contributed by atoms with van der Waals surface area (Å²) in [5.74, 6) is 0.694. The maximum atomic E-state index is 12.7. The Morgan fingerprint density at radius 1 is 1.11 bits per heavy atom. The van der Waals surface area contributed by atoms with Gasteiger partial charge in [0, 0.05) is 48.7 Å². The van der Waals surface area contributed by atoms with Gasteiger partial charge in [-0.25, -0.2) is 4.98 Å². The van der Waals surface area contributed by atoms with Crippen LogP contribution in [0.5, 0.6) is 0 Å². The van der Waals surface area contributed by atoms with E-state index in [-0.39, 0.29) is 11.8 Å². The third kappa shape index (κ3) is 3.99. The number of hydrogen-bond acceptors (Lipinski definition) is 5. The van der Waals surface area contributed by atoms with Crippen LogP contribution in [0.15, 0.2) is 67.0 Å². The molecule has 4 rings (SSSR count). The molecule has 0 radical (unpaired) electrons. The Morgan fingerprint density at radius 3 is 2.74 bits per heavy atom. The Morgan fingerprint density at radius 2 is 1.96 bits per heavy atom. The zero-order valence-electron chi connectivity index (χ0n) is 14.7. The van der Waals surface area contributed by atoms with E-state index in [1.54, 1.807) is 30.6 Å². The Hall–Kier alpha value is -2.76. The van der Waals surface area contributed by atoms with Gasteiger partial charge >= 0.3 is 0 Å². The van der Waals surface area contributed by atoms with Crippen LogP contribution in [0.3, 0.4) is 0 Å². The molecule has 1 unspecified atom stereocenters. The molecule has 1 saturated heterocycles. The quantitative estimate of drug-likeness (QED) is 0.704. The van der Waals surface area contributed by atoms with Crippen molar-refractivity contribution in [1.82, 2.24) is 15.3 Å². The monoisotopic (exact) mass is 378 g/mol. The van der Waals surface area contributed by atoms with Crippen molar-refractivity contribution in [2.24, 2.45) is 0 Å². The summed E-state index contributed by atoms with van der Waals surface area (Å²) in [7, 11) is 0. The second-order valence-electron chi connectivity index (χ2n) is 6.46. The smallest absolute Gasteiger partial charge is 0.212 e. The van der Waals surface area contributed by atoms with Crippen LogP contribution in [0.1, 0.15) is 27.7 Å². The number of halogens is 1. The molecular weight excluding hydrogens is 360 g/mol. The minimum Gasteiger partial charge on any atom is -0.353 e. The van der Waals surface area contributed by atoms with Crippen LogP contribution in [-0.4, -0.2) is 35.4 Å². The molecule has 1 fully saturated rings. The van der Waals surface area contributed by atoms with Crippen molar-refractivity contribution in [3.8, 4) is 0 Å². The summed E-state index contributed by atoms with van der Waals surface area (Å²) < 4.78 is 0. The highest BCUT2D eigenvalue weighted by Gasteiger charge is 2.22. The molecule has 5 nitrogen and oxygen atoms in total. The van der Waals surface area contributed by atoms with Gasteiger partial charge in [-0.05, 0) is 42.0 Å². The van der Waals surface area contributed by atoms with E-state index in [9.17, 15) is 4.79 Å². The summed E-state index contributed by atoms with van der Waals surface area (Å²) in [6.45, 7) is 2.45. The number of carbonyl (C=O) groups excluding carboxylic acids is 1. The van der Waals surface area contributed by atoms with Gasteiger partial charge in [0.25, 0.3) is 0 Å². The molecule has 3 aromatic rings. The van der Waals surface area contributed by atoms with E-state index in [4.69, 9.17) is 11.6 Å². The second kappa shape index (κ2) is 7.86. The van der Waals surface area contributed by atoms with Gasteiger partial charge in [0.1, 0.15) is 11.5 Å². The average molecular weight is 379 g/mol. The number of nitrogens with zero attached hydrogens (tertiary/aromatic N) is 3. The first-order valence-corrected chi connectivity index (χ1v) is 9.24. The molecular formula is C21H19ClN4O. The molecule has 0 bridgehead atoms. The molecule has 6 heteroatoms. The van der Waals surface area contributed by atoms with Crippen LogP contribution < -0.4 is 10.2 Å². The number of hydrogen-bond donors (Lipinski definition) is 1. The minimum atomic E-state index is -0.116. The first-order chi connectivity index (χ1) is 13.2. The Balaban J connectivity index is 1.54. The summed E-state index contributed by atoms with van der Waals surface area (Å²) >= 11 is 6.00. The van der Waals surface area contributed by atoms with E-state index in [0.29, 0.717) is 11.3 Å². The highest BCUT2D eigenvalue weighted by atomic mass is 35.5. The van der Waals surface area contributed by atoms with Crippen molar-refractivity contribution in [2.75, 3.05) is 24.5 Å². The number of anilines is 1. The fraction of sp³-hybridized carbons (Fsp3) is 0.190. The van der Waals surface area contributed by atoms with Crippen LogP contribution >= 0.6 is 11.6 Å². The maximum absolute atomic E-state index is 12.7. The fourth-order valence-electron chi connectivity index (χ4n) is 3.25. The average Bonchev–Trinajstić information content (AvgIpc) is 2.74. The molecule has 0 amide bonds. The molecule has 27 heavy (non-hydrogen) atoms. The van der Waals surface area contributed by atoms with Gasteiger partial charge in [-0.3, -0.25) is 9.78 Å². The van der Waals surface area contributed by atoms with Crippen molar-refractivity contribution in [2.45, 2.75) is 6.04 Å². The Labute approximate surface area is 163 Å². The molecule has 2 aromatic heterocycles. The van der Waals surface area contributed by atoms with E-state index >= 15 is 0 Å². The van der Waals surface area contributed by atoms with E-state index in [1.165, 1.54) is 5.56 Å². The number of nitrogens with one attached hydrogen (secondary N) is 1. The second-order valence-corrected chi connectivity index (χ2v) is 6.89. The van der Waals surface area contributed by atoms with Gasteiger partial charge in [0.05, 0.1) is 0 Å². The van der Waals surface area contributed by atoms with Gasteiger partial charge in [-0.2, -0.15) is 0 Å². The van der Waals surface area contributed by atoms with Gasteiger partial charge in [0.15, 0.2) is 0 Å². The van der Waals surface area contributed by atoms with E-state index in [1.807, 2.05) is 36.4 Å². The summed E-state index contributed by atoms with van der Waals surface area (Å²) in [4.78, 5) is 23.5. The van der Waals surface area contributed by atoms with Crippen LogP contribution in [0.4, 0.5) is 5.82 Å². The van der Waals surface area contributed by atoms with Gasteiger partial charge in [-0.1, -0.05) is 29.8 Å². The molecule has 1 aliphatic rings. The third-order valence-electron chi connectivity index (χ3n) is 4.66. The first-order valence-electron chi connectivity index (χ1n) is 8.86. The SMILES string of the molecule is O=C(c1cccnc1)c1cccc(N2CCNC(c3ccc(Cl)cc3)C2)n1. The number of aromatic nitrogens is 2. The zero-order valence-corrected chi connectivity index (χ0v) is 15.4. The maximum Gasteiger partial charge on any atom is 0.212 e. The van der Waals surface area contributed by atoms with Crippen LogP contribution in [0.25, 0.3) is 0 Å². The Bertz CT molecular complexity index is 930. The van der Waals surface area contributed by atoms with Crippen LogP contribution in [0.2, 0.25) is 5.02 Å². The standard InChI is InChI=1S/C21H19ClN4O/c22-17-8-6-15(7-9-17)19-14-26(12-11-24-19)20-5-1-4-18(25-20)21(27)16-3-2-10-23-13-16/h1-10,13,19,24H,11-12,14H2. The highest BCUT2D eigenvalue weighted by molar-refractivity contribution is 6.30.